The van der Waals surface area contributed by atoms with Gasteiger partial charge in [0.25, 0.3) is 0 Å². The molecule has 3 nitrogen and oxygen atoms in total. The third-order valence-electron chi connectivity index (χ3n) is 1.15. The summed E-state index contributed by atoms with van der Waals surface area (Å²) in [5.41, 5.74) is 5.03. The maximum atomic E-state index is 10.5. The summed E-state index contributed by atoms with van der Waals surface area (Å²) in [5.74, 6) is -0.704. The zero-order valence-corrected chi connectivity index (χ0v) is 5.11. The lowest BCUT2D eigenvalue weighted by molar-refractivity contribution is 0.526. The number of sulfone groups is 1. The molecule has 0 spiro atoms. The van der Waals surface area contributed by atoms with Gasteiger partial charge in [0.15, 0.2) is 9.84 Å². The second-order valence-electron chi connectivity index (χ2n) is 1.94. The highest BCUT2D eigenvalue weighted by Gasteiger charge is 2.31. The smallest absolute Gasteiger partial charge is 0.151 e. The van der Waals surface area contributed by atoms with Crippen LogP contribution in [-0.2, 0) is 9.84 Å². The first-order chi connectivity index (χ1) is 4.31. The van der Waals surface area contributed by atoms with Gasteiger partial charge in [0.05, 0.1) is 11.5 Å². The standard InChI is InChI=1S/C4H9NO2S/c5-1-4-2-8(6,7)3-4/h4H,1-3,5H2/i1D2. The van der Waals surface area contributed by atoms with Gasteiger partial charge in [-0.1, -0.05) is 0 Å². The number of nitrogens with two attached hydrogens (primary N) is 1. The van der Waals surface area contributed by atoms with E-state index in [1.54, 1.807) is 0 Å². The largest absolute Gasteiger partial charge is 0.330 e. The Morgan fingerprint density at radius 3 is 2.38 bits per heavy atom. The molecule has 8 heavy (non-hydrogen) atoms. The lowest BCUT2D eigenvalue weighted by Gasteiger charge is -2.23. The summed E-state index contributed by atoms with van der Waals surface area (Å²) in [6, 6.07) is 0. The molecule has 2 N–H and O–H groups in total. The monoisotopic (exact) mass is 137 g/mol. The van der Waals surface area contributed by atoms with E-state index in [1.807, 2.05) is 0 Å². The summed E-state index contributed by atoms with van der Waals surface area (Å²) >= 11 is 0. The summed E-state index contributed by atoms with van der Waals surface area (Å²) < 4.78 is 34.9. The highest BCUT2D eigenvalue weighted by molar-refractivity contribution is 7.92. The molecule has 1 fully saturated rings. The Labute approximate surface area is 51.6 Å². The van der Waals surface area contributed by atoms with Crippen molar-refractivity contribution < 1.29 is 11.2 Å². The lowest BCUT2D eigenvalue weighted by Crippen LogP contribution is -2.40. The SMILES string of the molecule is [2H]C([2H])(N)C1CS(=O)(=O)C1. The molecule has 0 unspecified atom stereocenters. The lowest BCUT2D eigenvalue weighted by atomic mass is 10.2. The van der Waals surface area contributed by atoms with E-state index < -0.39 is 22.3 Å². The maximum absolute atomic E-state index is 10.5. The van der Waals surface area contributed by atoms with Crippen molar-refractivity contribution >= 4 is 9.84 Å². The minimum atomic E-state index is -2.93. The van der Waals surface area contributed by atoms with Crippen LogP contribution in [0, 0.1) is 5.92 Å². The zero-order valence-electron chi connectivity index (χ0n) is 6.29. The van der Waals surface area contributed by atoms with Crippen LogP contribution in [0.1, 0.15) is 2.74 Å². The van der Waals surface area contributed by atoms with Crippen molar-refractivity contribution in [2.24, 2.45) is 11.7 Å². The molecule has 1 saturated heterocycles. The molecule has 0 aromatic rings. The third-order valence-corrected chi connectivity index (χ3v) is 2.97. The van der Waals surface area contributed by atoms with Crippen molar-refractivity contribution in [1.29, 1.82) is 0 Å². The van der Waals surface area contributed by atoms with Gasteiger partial charge in [-0.05, 0) is 12.4 Å². The van der Waals surface area contributed by atoms with Gasteiger partial charge < -0.3 is 5.73 Å². The van der Waals surface area contributed by atoms with Crippen molar-refractivity contribution in [3.05, 3.63) is 0 Å². The van der Waals surface area contributed by atoms with Crippen LogP contribution in [0.3, 0.4) is 0 Å². The van der Waals surface area contributed by atoms with Crippen LogP contribution in [-0.4, -0.2) is 26.4 Å². The van der Waals surface area contributed by atoms with Crippen molar-refractivity contribution in [2.45, 2.75) is 0 Å². The van der Waals surface area contributed by atoms with Crippen molar-refractivity contribution in [2.75, 3.05) is 18.0 Å². The quantitative estimate of drug-likeness (QED) is 0.503. The van der Waals surface area contributed by atoms with Gasteiger partial charge in [-0.15, -0.1) is 0 Å². The van der Waals surface area contributed by atoms with Gasteiger partial charge >= 0.3 is 0 Å². The second kappa shape index (κ2) is 1.70. The van der Waals surface area contributed by atoms with Crippen molar-refractivity contribution in [1.82, 2.24) is 0 Å². The highest BCUT2D eigenvalue weighted by Crippen LogP contribution is 2.15. The summed E-state index contributed by atoms with van der Waals surface area (Å²) in [6.45, 7) is -1.83. The zero-order chi connectivity index (χ0) is 7.99. The maximum Gasteiger partial charge on any atom is 0.151 e. The minimum absolute atomic E-state index is 0.101. The Kier molecular flexibility index (Phi) is 0.818. The molecule has 0 radical (unpaired) electrons. The predicted molar refractivity (Wildman–Crippen MR) is 31.2 cm³/mol. The summed E-state index contributed by atoms with van der Waals surface area (Å²) in [7, 11) is -2.93. The Bertz CT molecular complexity index is 218. The topological polar surface area (TPSA) is 60.2 Å². The molecule has 1 aliphatic heterocycles. The van der Waals surface area contributed by atoms with Crippen LogP contribution in [0.25, 0.3) is 0 Å². The van der Waals surface area contributed by atoms with Crippen LogP contribution < -0.4 is 5.73 Å². The van der Waals surface area contributed by atoms with Crippen LogP contribution >= 0.6 is 0 Å². The van der Waals surface area contributed by atoms with Crippen LogP contribution in [0.2, 0.25) is 0 Å². The highest BCUT2D eigenvalue weighted by atomic mass is 32.2. The second-order valence-corrected chi connectivity index (χ2v) is 4.09. The Balaban J connectivity index is 2.56. The average molecular weight is 137 g/mol. The average Bonchev–Trinajstić information content (AvgIpc) is 1.56. The van der Waals surface area contributed by atoms with E-state index in [1.165, 1.54) is 0 Å². The van der Waals surface area contributed by atoms with E-state index >= 15 is 0 Å². The van der Waals surface area contributed by atoms with Gasteiger partial charge in [-0.3, -0.25) is 0 Å². The molecule has 1 rings (SSSR count). The molecule has 0 aromatic heterocycles. The molecule has 4 heteroatoms. The molecule has 1 heterocycles. The van der Waals surface area contributed by atoms with Gasteiger partial charge in [0.1, 0.15) is 0 Å². The fourth-order valence-corrected chi connectivity index (χ4v) is 1.98. The van der Waals surface area contributed by atoms with Crippen LogP contribution in [0.15, 0.2) is 0 Å². The molecule has 0 amide bonds. The van der Waals surface area contributed by atoms with E-state index in [0.717, 1.165) is 0 Å². The van der Waals surface area contributed by atoms with Gasteiger partial charge in [-0.25, -0.2) is 8.42 Å². The van der Waals surface area contributed by atoms with E-state index in [-0.39, 0.29) is 11.5 Å². The Morgan fingerprint density at radius 1 is 1.75 bits per heavy atom. The summed E-state index contributed by atoms with van der Waals surface area (Å²) in [6.07, 6.45) is 0. The summed E-state index contributed by atoms with van der Waals surface area (Å²) in [4.78, 5) is 0. The van der Waals surface area contributed by atoms with E-state index in [4.69, 9.17) is 8.48 Å². The molecule has 48 valence electrons. The molecular formula is C4H9NO2S. The van der Waals surface area contributed by atoms with Gasteiger partial charge in [-0.2, -0.15) is 0 Å². The van der Waals surface area contributed by atoms with Gasteiger partial charge in [0.2, 0.25) is 0 Å². The van der Waals surface area contributed by atoms with E-state index in [9.17, 15) is 8.42 Å². The van der Waals surface area contributed by atoms with Crippen molar-refractivity contribution in [3.63, 3.8) is 0 Å². The van der Waals surface area contributed by atoms with Crippen LogP contribution in [0.5, 0.6) is 0 Å². The summed E-state index contributed by atoms with van der Waals surface area (Å²) in [5, 5.41) is 0. The Morgan fingerprint density at radius 2 is 2.25 bits per heavy atom. The third kappa shape index (κ3) is 1.00. The van der Waals surface area contributed by atoms with Crippen LogP contribution in [0.4, 0.5) is 0 Å². The molecule has 0 aliphatic carbocycles. The number of hydrogen-bond acceptors (Lipinski definition) is 3. The molecule has 0 saturated carbocycles. The first kappa shape index (κ1) is 3.85. The number of rotatable bonds is 1. The molecule has 0 bridgehead atoms. The predicted octanol–water partition coefficient (Wildman–Crippen LogP) is -1.01. The molecule has 0 aromatic carbocycles. The molecular weight excluding hydrogens is 126 g/mol. The Hall–Kier alpha value is -0.0900. The number of hydrogen-bond donors (Lipinski definition) is 1. The minimum Gasteiger partial charge on any atom is -0.330 e. The van der Waals surface area contributed by atoms with Gasteiger partial charge in [0, 0.05) is 2.74 Å². The van der Waals surface area contributed by atoms with Crippen molar-refractivity contribution in [3.8, 4) is 0 Å². The normalized spacial score (nSPS) is 32.6. The first-order valence-electron chi connectivity index (χ1n) is 3.30. The fourth-order valence-electron chi connectivity index (χ4n) is 0.660. The van der Waals surface area contributed by atoms with E-state index in [2.05, 4.69) is 0 Å². The molecule has 1 aliphatic rings. The first-order valence-corrected chi connectivity index (χ1v) is 4.13. The molecule has 0 atom stereocenters. The fraction of sp³-hybridized carbons (Fsp3) is 1.00. The van der Waals surface area contributed by atoms with E-state index in [0.29, 0.717) is 0 Å².